The van der Waals surface area contributed by atoms with Crippen LogP contribution in [0.15, 0.2) is 60.0 Å². The predicted octanol–water partition coefficient (Wildman–Crippen LogP) is 3.37. The topological polar surface area (TPSA) is 119 Å². The van der Waals surface area contributed by atoms with Gasteiger partial charge in [0.2, 0.25) is 0 Å². The van der Waals surface area contributed by atoms with Crippen molar-refractivity contribution >= 4 is 46.0 Å². The molecular formula is C25H20N2O7S. The first-order valence-electron chi connectivity index (χ1n) is 10.7. The van der Waals surface area contributed by atoms with Crippen LogP contribution in [0, 0.1) is 0 Å². The van der Waals surface area contributed by atoms with Gasteiger partial charge >= 0.3 is 11.9 Å². The van der Waals surface area contributed by atoms with E-state index in [-0.39, 0.29) is 28.3 Å². The Morgan fingerprint density at radius 2 is 1.51 bits per heavy atom. The average molecular weight is 493 g/mol. The van der Waals surface area contributed by atoms with Crippen molar-refractivity contribution in [2.45, 2.75) is 6.92 Å². The Morgan fingerprint density at radius 1 is 0.886 bits per heavy atom. The molecule has 3 amide bonds. The molecule has 0 unspecified atom stereocenters. The Kier molecular flexibility index (Phi) is 7.02. The van der Waals surface area contributed by atoms with Gasteiger partial charge in [-0.05, 0) is 24.6 Å². The van der Waals surface area contributed by atoms with Gasteiger partial charge in [-0.25, -0.2) is 4.79 Å². The fourth-order valence-electron chi connectivity index (χ4n) is 3.55. The van der Waals surface area contributed by atoms with Crippen molar-refractivity contribution in [3.05, 3.63) is 76.7 Å². The number of imide groups is 1. The van der Waals surface area contributed by atoms with Crippen LogP contribution in [-0.2, 0) is 19.1 Å². The van der Waals surface area contributed by atoms with E-state index in [0.717, 1.165) is 21.8 Å². The van der Waals surface area contributed by atoms with Crippen molar-refractivity contribution in [1.82, 2.24) is 4.90 Å². The number of carbonyl (C=O) groups is 5. The zero-order chi connectivity index (χ0) is 24.9. The van der Waals surface area contributed by atoms with Gasteiger partial charge in [0.05, 0.1) is 17.7 Å². The summed E-state index contributed by atoms with van der Waals surface area (Å²) in [7, 11) is 0. The van der Waals surface area contributed by atoms with Gasteiger partial charge < -0.3 is 14.8 Å². The number of nitrogens with one attached hydrogen (secondary N) is 1. The molecule has 0 atom stereocenters. The molecule has 1 aliphatic rings. The van der Waals surface area contributed by atoms with Gasteiger partial charge in [0.25, 0.3) is 17.7 Å². The Bertz CT molecular complexity index is 1280. The van der Waals surface area contributed by atoms with E-state index >= 15 is 0 Å². The zero-order valence-corrected chi connectivity index (χ0v) is 19.4. The fraction of sp³-hybridized carbons (Fsp3) is 0.160. The van der Waals surface area contributed by atoms with Crippen LogP contribution in [-0.4, -0.2) is 54.3 Å². The van der Waals surface area contributed by atoms with E-state index < -0.39 is 42.8 Å². The molecular weight excluding hydrogens is 472 g/mol. The third kappa shape index (κ3) is 4.97. The van der Waals surface area contributed by atoms with E-state index in [1.54, 1.807) is 24.4 Å². The van der Waals surface area contributed by atoms with Gasteiger partial charge in [0.1, 0.15) is 17.1 Å². The van der Waals surface area contributed by atoms with Crippen LogP contribution in [0.25, 0.3) is 11.1 Å². The van der Waals surface area contributed by atoms with Gasteiger partial charge in [0, 0.05) is 10.9 Å². The van der Waals surface area contributed by atoms with Crippen LogP contribution < -0.4 is 5.32 Å². The van der Waals surface area contributed by atoms with E-state index in [9.17, 15) is 24.0 Å². The quantitative estimate of drug-likeness (QED) is 0.378. The molecule has 9 nitrogen and oxygen atoms in total. The molecule has 178 valence electrons. The first-order chi connectivity index (χ1) is 16.9. The summed E-state index contributed by atoms with van der Waals surface area (Å²) in [5, 5.41) is 4.56. The van der Waals surface area contributed by atoms with Gasteiger partial charge in [-0.2, -0.15) is 0 Å². The Balaban J connectivity index is 1.40. The lowest BCUT2D eigenvalue weighted by Crippen LogP contribution is -2.36. The monoisotopic (exact) mass is 492 g/mol. The van der Waals surface area contributed by atoms with Gasteiger partial charge in [-0.1, -0.05) is 42.5 Å². The number of ether oxygens (including phenoxy) is 2. The lowest BCUT2D eigenvalue weighted by Gasteiger charge is -2.13. The Hall–Kier alpha value is -4.31. The molecule has 35 heavy (non-hydrogen) atoms. The lowest BCUT2D eigenvalue weighted by atomic mass is 10.0. The summed E-state index contributed by atoms with van der Waals surface area (Å²) in [6, 6.07) is 15.4. The Morgan fingerprint density at radius 3 is 2.14 bits per heavy atom. The highest BCUT2D eigenvalue weighted by atomic mass is 32.1. The van der Waals surface area contributed by atoms with E-state index in [1.165, 1.54) is 12.1 Å². The van der Waals surface area contributed by atoms with Gasteiger partial charge in [-0.3, -0.25) is 24.1 Å². The number of benzene rings is 2. The van der Waals surface area contributed by atoms with E-state index in [2.05, 4.69) is 5.32 Å². The van der Waals surface area contributed by atoms with Crippen molar-refractivity contribution in [2.75, 3.05) is 25.1 Å². The minimum absolute atomic E-state index is 0.158. The summed E-state index contributed by atoms with van der Waals surface area (Å²) in [6.45, 7) is 0.554. The number of thiophene rings is 1. The summed E-state index contributed by atoms with van der Waals surface area (Å²) >= 11 is 1.14. The molecule has 0 saturated carbocycles. The second-order valence-electron chi connectivity index (χ2n) is 7.39. The second-order valence-corrected chi connectivity index (χ2v) is 8.27. The maximum Gasteiger partial charge on any atom is 0.341 e. The summed E-state index contributed by atoms with van der Waals surface area (Å²) in [6.07, 6.45) is 0. The molecule has 0 fully saturated rings. The summed E-state index contributed by atoms with van der Waals surface area (Å²) < 4.78 is 10.1. The molecule has 1 N–H and O–H groups in total. The SMILES string of the molecule is CCOC(=O)c1c(-c2ccccc2)csc1NC(=O)COC(=O)CN1C(=O)c2ccccc2C1=O. The predicted molar refractivity (Wildman–Crippen MR) is 127 cm³/mol. The molecule has 0 spiro atoms. The second kappa shape index (κ2) is 10.3. The smallest absolute Gasteiger partial charge is 0.341 e. The summed E-state index contributed by atoms with van der Waals surface area (Å²) in [5.41, 5.74) is 2.00. The summed E-state index contributed by atoms with van der Waals surface area (Å²) in [4.78, 5) is 62.8. The van der Waals surface area contributed by atoms with Gasteiger partial charge in [0.15, 0.2) is 6.61 Å². The van der Waals surface area contributed by atoms with Crippen molar-refractivity contribution in [3.8, 4) is 11.1 Å². The number of carbonyl (C=O) groups excluding carboxylic acids is 5. The standard InChI is InChI=1S/C25H20N2O7S/c1-2-33-25(32)21-18(15-8-4-3-5-9-15)14-35-22(21)26-19(28)13-34-20(29)12-27-23(30)16-10-6-7-11-17(16)24(27)31/h3-11,14H,2,12-13H2,1H3,(H,26,28). The molecule has 2 aromatic carbocycles. The number of amides is 3. The lowest BCUT2D eigenvalue weighted by molar-refractivity contribution is -0.147. The molecule has 0 radical (unpaired) electrons. The fourth-order valence-corrected chi connectivity index (χ4v) is 4.53. The number of nitrogens with zero attached hydrogens (tertiary/aromatic N) is 1. The maximum absolute atomic E-state index is 12.6. The minimum atomic E-state index is -0.920. The first-order valence-corrected chi connectivity index (χ1v) is 11.5. The molecule has 2 heterocycles. The van der Waals surface area contributed by atoms with Crippen LogP contribution >= 0.6 is 11.3 Å². The number of rotatable bonds is 8. The number of hydrogen-bond acceptors (Lipinski definition) is 8. The van der Waals surface area contributed by atoms with Crippen molar-refractivity contribution in [2.24, 2.45) is 0 Å². The molecule has 0 saturated heterocycles. The normalized spacial score (nSPS) is 12.3. The number of esters is 2. The van der Waals surface area contributed by atoms with Crippen molar-refractivity contribution < 1.29 is 33.4 Å². The molecule has 1 aliphatic heterocycles. The van der Waals surface area contributed by atoms with Crippen molar-refractivity contribution in [1.29, 1.82) is 0 Å². The van der Waals surface area contributed by atoms with Crippen LogP contribution in [0.1, 0.15) is 38.0 Å². The third-order valence-corrected chi connectivity index (χ3v) is 6.03. The third-order valence-electron chi connectivity index (χ3n) is 5.14. The van der Waals surface area contributed by atoms with Crippen LogP contribution in [0.4, 0.5) is 5.00 Å². The minimum Gasteiger partial charge on any atom is -0.462 e. The number of fused-ring (bicyclic) bond motifs is 1. The number of hydrogen-bond donors (Lipinski definition) is 1. The van der Waals surface area contributed by atoms with E-state index in [0.29, 0.717) is 5.56 Å². The highest BCUT2D eigenvalue weighted by Gasteiger charge is 2.36. The number of anilines is 1. The molecule has 1 aromatic heterocycles. The maximum atomic E-state index is 12.6. The average Bonchev–Trinajstić information content (AvgIpc) is 3.38. The van der Waals surface area contributed by atoms with Crippen molar-refractivity contribution in [3.63, 3.8) is 0 Å². The molecule has 0 bridgehead atoms. The Labute approximate surface area is 204 Å². The highest BCUT2D eigenvalue weighted by Crippen LogP contribution is 2.36. The van der Waals surface area contributed by atoms with Gasteiger partial charge in [-0.15, -0.1) is 11.3 Å². The van der Waals surface area contributed by atoms with Crippen LogP contribution in [0.5, 0.6) is 0 Å². The zero-order valence-electron chi connectivity index (χ0n) is 18.6. The highest BCUT2D eigenvalue weighted by molar-refractivity contribution is 7.15. The van der Waals surface area contributed by atoms with Crippen LogP contribution in [0.2, 0.25) is 0 Å². The first kappa shape index (κ1) is 23.8. The molecule has 10 heteroatoms. The van der Waals surface area contributed by atoms with E-state index in [4.69, 9.17) is 9.47 Å². The molecule has 0 aliphatic carbocycles. The largest absolute Gasteiger partial charge is 0.462 e. The molecule has 4 rings (SSSR count). The van der Waals surface area contributed by atoms with E-state index in [1.807, 2.05) is 30.3 Å². The van der Waals surface area contributed by atoms with Crippen LogP contribution in [0.3, 0.4) is 0 Å². The summed E-state index contributed by atoms with van der Waals surface area (Å²) in [5.74, 6) is -3.40. The molecule has 3 aromatic rings.